The number of aromatic amines is 1. The molecule has 5 nitrogen and oxygen atoms in total. The highest BCUT2D eigenvalue weighted by Crippen LogP contribution is 2.34. The Kier molecular flexibility index (Phi) is 6.90. The smallest absolute Gasteiger partial charge is 0.368 e. The molecule has 12 heteroatoms. The zero-order chi connectivity index (χ0) is 25.4. The van der Waals surface area contributed by atoms with Crippen molar-refractivity contribution in [3.05, 3.63) is 58.1 Å². The van der Waals surface area contributed by atoms with Crippen molar-refractivity contribution >= 4 is 34.2 Å². The molecule has 1 aliphatic carbocycles. The SMILES string of the molecule is O=C(NC1CCC(CNc2n[nH]c3ccc(C(F)(F)F)cc23)CC1)c1cc(C(F)(F)F)ccc1Cl. The van der Waals surface area contributed by atoms with Gasteiger partial charge in [0.15, 0.2) is 5.82 Å². The lowest BCUT2D eigenvalue weighted by Gasteiger charge is -2.29. The molecule has 1 aromatic heterocycles. The van der Waals surface area contributed by atoms with E-state index in [0.29, 0.717) is 48.9 Å². The van der Waals surface area contributed by atoms with Gasteiger partial charge in [0.1, 0.15) is 0 Å². The fourth-order valence-corrected chi connectivity index (χ4v) is 4.42. The molecule has 0 radical (unpaired) electrons. The van der Waals surface area contributed by atoms with Gasteiger partial charge in [0, 0.05) is 18.0 Å². The van der Waals surface area contributed by atoms with Gasteiger partial charge in [-0.15, -0.1) is 0 Å². The molecular formula is C23H21ClF6N4O. The molecule has 0 saturated heterocycles. The van der Waals surface area contributed by atoms with Crippen LogP contribution in [0.5, 0.6) is 0 Å². The van der Waals surface area contributed by atoms with Crippen molar-refractivity contribution in [2.45, 2.75) is 44.1 Å². The lowest BCUT2D eigenvalue weighted by atomic mass is 9.86. The molecular weight excluding hydrogens is 498 g/mol. The number of hydrogen-bond acceptors (Lipinski definition) is 3. The molecule has 188 valence electrons. The van der Waals surface area contributed by atoms with Gasteiger partial charge in [0.2, 0.25) is 0 Å². The first-order valence-electron chi connectivity index (χ1n) is 10.9. The second-order valence-electron chi connectivity index (χ2n) is 8.59. The molecule has 1 aliphatic rings. The molecule has 0 spiro atoms. The predicted molar refractivity (Wildman–Crippen MR) is 119 cm³/mol. The second-order valence-corrected chi connectivity index (χ2v) is 9.00. The molecule has 1 saturated carbocycles. The van der Waals surface area contributed by atoms with E-state index in [1.54, 1.807) is 0 Å². The van der Waals surface area contributed by atoms with Crippen LogP contribution in [0, 0.1) is 5.92 Å². The van der Waals surface area contributed by atoms with Crippen LogP contribution >= 0.6 is 11.6 Å². The monoisotopic (exact) mass is 518 g/mol. The summed E-state index contributed by atoms with van der Waals surface area (Å²) in [6.07, 6.45) is -6.40. The molecule has 1 fully saturated rings. The fourth-order valence-electron chi connectivity index (χ4n) is 4.22. The van der Waals surface area contributed by atoms with Crippen molar-refractivity contribution in [3.8, 4) is 0 Å². The van der Waals surface area contributed by atoms with Crippen LogP contribution in [0.4, 0.5) is 32.2 Å². The van der Waals surface area contributed by atoms with Gasteiger partial charge >= 0.3 is 12.4 Å². The number of carbonyl (C=O) groups excluding carboxylic acids is 1. The number of halogens is 7. The molecule has 0 atom stereocenters. The van der Waals surface area contributed by atoms with Gasteiger partial charge in [0.05, 0.1) is 27.2 Å². The molecule has 0 unspecified atom stereocenters. The number of anilines is 1. The van der Waals surface area contributed by atoms with Crippen molar-refractivity contribution in [1.29, 1.82) is 0 Å². The maximum Gasteiger partial charge on any atom is 0.416 e. The normalized spacial score (nSPS) is 19.1. The number of nitrogens with zero attached hydrogens (tertiary/aromatic N) is 1. The van der Waals surface area contributed by atoms with Crippen molar-refractivity contribution in [2.24, 2.45) is 5.92 Å². The van der Waals surface area contributed by atoms with Crippen molar-refractivity contribution < 1.29 is 31.1 Å². The van der Waals surface area contributed by atoms with Gasteiger partial charge in [0.25, 0.3) is 5.91 Å². The first-order chi connectivity index (χ1) is 16.4. The van der Waals surface area contributed by atoms with Crippen LogP contribution in [-0.2, 0) is 12.4 Å². The Morgan fingerprint density at radius 3 is 2.26 bits per heavy atom. The minimum Gasteiger partial charge on any atom is -0.368 e. The van der Waals surface area contributed by atoms with E-state index < -0.39 is 29.4 Å². The van der Waals surface area contributed by atoms with E-state index in [4.69, 9.17) is 11.6 Å². The summed E-state index contributed by atoms with van der Waals surface area (Å²) in [4.78, 5) is 12.5. The third-order valence-electron chi connectivity index (χ3n) is 6.17. The summed E-state index contributed by atoms with van der Waals surface area (Å²) >= 11 is 5.94. The highest BCUT2D eigenvalue weighted by molar-refractivity contribution is 6.33. The van der Waals surface area contributed by atoms with Crippen LogP contribution in [0.3, 0.4) is 0 Å². The third kappa shape index (κ3) is 5.83. The summed E-state index contributed by atoms with van der Waals surface area (Å²) in [5.41, 5.74) is -1.45. The molecule has 1 amide bonds. The number of hydrogen-bond donors (Lipinski definition) is 3. The Hall–Kier alpha value is -2.95. The minimum absolute atomic E-state index is 0.0618. The fraction of sp³-hybridized carbons (Fsp3) is 0.391. The maximum absolute atomic E-state index is 13.0. The van der Waals surface area contributed by atoms with Gasteiger partial charge in [-0.1, -0.05) is 11.6 Å². The summed E-state index contributed by atoms with van der Waals surface area (Å²) in [6.45, 7) is 0.482. The van der Waals surface area contributed by atoms with E-state index in [1.165, 1.54) is 6.07 Å². The lowest BCUT2D eigenvalue weighted by Crippen LogP contribution is -2.38. The average Bonchev–Trinajstić information content (AvgIpc) is 3.20. The largest absolute Gasteiger partial charge is 0.416 e. The van der Waals surface area contributed by atoms with Crippen LogP contribution in [0.2, 0.25) is 5.02 Å². The minimum atomic E-state index is -4.58. The predicted octanol–water partition coefficient (Wildman–Crippen LogP) is 6.65. The van der Waals surface area contributed by atoms with E-state index in [-0.39, 0.29) is 22.5 Å². The Bertz CT molecular complexity index is 1210. The highest BCUT2D eigenvalue weighted by atomic mass is 35.5. The molecule has 0 aliphatic heterocycles. The number of carbonyl (C=O) groups is 1. The van der Waals surface area contributed by atoms with Gasteiger partial charge in [-0.25, -0.2) is 0 Å². The van der Waals surface area contributed by atoms with Crippen molar-refractivity contribution in [1.82, 2.24) is 15.5 Å². The number of aromatic nitrogens is 2. The second kappa shape index (κ2) is 9.60. The Morgan fingerprint density at radius 2 is 1.60 bits per heavy atom. The number of benzene rings is 2. The van der Waals surface area contributed by atoms with Crippen LogP contribution in [0.25, 0.3) is 10.9 Å². The lowest BCUT2D eigenvalue weighted by molar-refractivity contribution is -0.138. The number of alkyl halides is 6. The van der Waals surface area contributed by atoms with E-state index in [0.717, 1.165) is 30.3 Å². The first kappa shape index (κ1) is 25.2. The number of nitrogens with one attached hydrogen (secondary N) is 3. The molecule has 2 aromatic carbocycles. The molecule has 35 heavy (non-hydrogen) atoms. The van der Waals surface area contributed by atoms with E-state index in [1.807, 2.05) is 0 Å². The Labute approximate surface area is 201 Å². The number of rotatable bonds is 5. The molecule has 3 N–H and O–H groups in total. The van der Waals surface area contributed by atoms with Crippen LogP contribution in [-0.4, -0.2) is 28.7 Å². The summed E-state index contributed by atoms with van der Waals surface area (Å²) in [6, 6.07) is 5.78. The third-order valence-corrected chi connectivity index (χ3v) is 6.50. The van der Waals surface area contributed by atoms with E-state index in [2.05, 4.69) is 20.8 Å². The topological polar surface area (TPSA) is 69.8 Å². The average molecular weight is 519 g/mol. The summed E-state index contributed by atoms with van der Waals surface area (Å²) in [5, 5.41) is 12.9. The molecule has 0 bridgehead atoms. The van der Waals surface area contributed by atoms with Crippen LogP contribution in [0.1, 0.15) is 47.2 Å². The zero-order valence-electron chi connectivity index (χ0n) is 18.2. The summed E-state index contributed by atoms with van der Waals surface area (Å²) in [7, 11) is 0. The standard InChI is InChI=1S/C23H21ClF6N4O/c24-18-7-3-13(22(25,26)27)9-16(18)21(35)32-15-5-1-12(2-6-15)11-31-20-17-10-14(23(28,29)30)4-8-19(17)33-34-20/h3-4,7-10,12,15H,1-2,5-6,11H2,(H,32,35)(H2,31,33,34). The Balaban J connectivity index is 1.32. The zero-order valence-corrected chi connectivity index (χ0v) is 18.9. The van der Waals surface area contributed by atoms with E-state index in [9.17, 15) is 31.1 Å². The van der Waals surface area contributed by atoms with Gasteiger partial charge in [-0.2, -0.15) is 31.4 Å². The van der Waals surface area contributed by atoms with Crippen LogP contribution in [0.15, 0.2) is 36.4 Å². The van der Waals surface area contributed by atoms with Gasteiger partial charge in [-0.05, 0) is 68.0 Å². The number of fused-ring (bicyclic) bond motifs is 1. The van der Waals surface area contributed by atoms with E-state index >= 15 is 0 Å². The van der Waals surface area contributed by atoms with Crippen molar-refractivity contribution in [2.75, 3.05) is 11.9 Å². The summed E-state index contributed by atoms with van der Waals surface area (Å²) < 4.78 is 77.9. The van der Waals surface area contributed by atoms with Crippen molar-refractivity contribution in [3.63, 3.8) is 0 Å². The number of H-pyrrole nitrogens is 1. The maximum atomic E-state index is 13.0. The van der Waals surface area contributed by atoms with Gasteiger partial charge in [-0.3, -0.25) is 9.89 Å². The Morgan fingerprint density at radius 1 is 0.971 bits per heavy atom. The first-order valence-corrected chi connectivity index (χ1v) is 11.3. The summed E-state index contributed by atoms with van der Waals surface area (Å²) in [5.74, 6) is -0.135. The molecule has 3 aromatic rings. The molecule has 1 heterocycles. The quantitative estimate of drug-likeness (QED) is 0.331. The van der Waals surface area contributed by atoms with Gasteiger partial charge < -0.3 is 10.6 Å². The highest BCUT2D eigenvalue weighted by Gasteiger charge is 2.33. The van der Waals surface area contributed by atoms with Crippen LogP contribution < -0.4 is 10.6 Å². The molecule has 4 rings (SSSR count). The number of amides is 1.